The molecule has 0 spiro atoms. The van der Waals surface area contributed by atoms with Crippen molar-refractivity contribution in [3.8, 4) is 11.3 Å². The molecule has 2 N–H and O–H groups in total. The summed E-state index contributed by atoms with van der Waals surface area (Å²) < 4.78 is 13.2. The van der Waals surface area contributed by atoms with Gasteiger partial charge >= 0.3 is 0 Å². The van der Waals surface area contributed by atoms with Crippen LogP contribution in [0.15, 0.2) is 48.5 Å². The van der Waals surface area contributed by atoms with Gasteiger partial charge in [0, 0.05) is 24.0 Å². The summed E-state index contributed by atoms with van der Waals surface area (Å²) in [5, 5.41) is 13.2. The summed E-state index contributed by atoms with van der Waals surface area (Å²) in [6.45, 7) is 3.27. The number of halogens is 1. The van der Waals surface area contributed by atoms with Crippen molar-refractivity contribution in [2.45, 2.75) is 13.5 Å². The van der Waals surface area contributed by atoms with Gasteiger partial charge in [-0.15, -0.1) is 0 Å². The van der Waals surface area contributed by atoms with Crippen LogP contribution in [0.1, 0.15) is 11.1 Å². The zero-order valence-corrected chi connectivity index (χ0v) is 13.0. The summed E-state index contributed by atoms with van der Waals surface area (Å²) >= 11 is 0. The molecule has 3 aromatic rings. The van der Waals surface area contributed by atoms with Crippen LogP contribution in [0.3, 0.4) is 0 Å². The van der Waals surface area contributed by atoms with Gasteiger partial charge in [-0.3, -0.25) is 0 Å². The third kappa shape index (κ3) is 3.55. The van der Waals surface area contributed by atoms with Gasteiger partial charge in [-0.05, 0) is 55.0 Å². The molecule has 0 unspecified atom stereocenters. The Labute approximate surface area is 134 Å². The zero-order valence-electron chi connectivity index (χ0n) is 13.0. The normalized spacial score (nSPS) is 11.1. The third-order valence-corrected chi connectivity index (χ3v) is 3.77. The van der Waals surface area contributed by atoms with Crippen LogP contribution >= 0.6 is 0 Å². The molecule has 0 aliphatic heterocycles. The minimum atomic E-state index is -0.259. The van der Waals surface area contributed by atoms with Gasteiger partial charge in [0.25, 0.3) is 0 Å². The lowest BCUT2D eigenvalue weighted by atomic mass is 10.0. The summed E-state index contributed by atoms with van der Waals surface area (Å²) in [6, 6.07) is 14.6. The highest BCUT2D eigenvalue weighted by molar-refractivity contribution is 5.84. The van der Waals surface area contributed by atoms with Gasteiger partial charge in [0.2, 0.25) is 0 Å². The van der Waals surface area contributed by atoms with E-state index in [9.17, 15) is 4.39 Å². The average molecular weight is 310 g/mol. The average Bonchev–Trinajstić information content (AvgIpc) is 2.55. The lowest BCUT2D eigenvalue weighted by Crippen LogP contribution is -2.18. The topological polar surface area (TPSA) is 45.2 Å². The molecule has 0 aliphatic rings. The van der Waals surface area contributed by atoms with Crippen molar-refractivity contribution in [2.24, 2.45) is 0 Å². The number of aromatic nitrogens is 1. The molecule has 0 aliphatic carbocycles. The molecule has 23 heavy (non-hydrogen) atoms. The van der Waals surface area contributed by atoms with E-state index < -0.39 is 0 Å². The molecule has 0 bridgehead atoms. The van der Waals surface area contributed by atoms with E-state index in [1.54, 1.807) is 12.1 Å². The van der Waals surface area contributed by atoms with Crippen LogP contribution in [0.25, 0.3) is 22.2 Å². The highest BCUT2D eigenvalue weighted by Gasteiger charge is 2.10. The van der Waals surface area contributed by atoms with Crippen LogP contribution in [-0.4, -0.2) is 23.2 Å². The first kappa shape index (κ1) is 15.6. The molecule has 1 heterocycles. The van der Waals surface area contributed by atoms with Crippen molar-refractivity contribution in [2.75, 3.05) is 13.2 Å². The van der Waals surface area contributed by atoms with Crippen LogP contribution in [-0.2, 0) is 6.54 Å². The van der Waals surface area contributed by atoms with E-state index in [0.29, 0.717) is 13.1 Å². The maximum atomic E-state index is 13.2. The van der Waals surface area contributed by atoms with Crippen molar-refractivity contribution < 1.29 is 9.50 Å². The Bertz CT molecular complexity index is 815. The lowest BCUT2D eigenvalue weighted by molar-refractivity contribution is 0.292. The molecule has 0 radical (unpaired) electrons. The van der Waals surface area contributed by atoms with Crippen LogP contribution in [0, 0.1) is 12.7 Å². The SMILES string of the molecule is Cc1ccc2nc(-c3ccc(F)cc3)c(CNCCO)cc2c1. The Morgan fingerprint density at radius 1 is 1.09 bits per heavy atom. The fourth-order valence-corrected chi connectivity index (χ4v) is 2.63. The van der Waals surface area contributed by atoms with Crippen molar-refractivity contribution >= 4 is 10.9 Å². The number of pyridine rings is 1. The smallest absolute Gasteiger partial charge is 0.123 e. The first-order valence-corrected chi connectivity index (χ1v) is 7.65. The summed E-state index contributed by atoms with van der Waals surface area (Å²) in [5.41, 5.74) is 4.86. The fraction of sp³-hybridized carbons (Fsp3) is 0.211. The number of nitrogens with zero attached hydrogens (tertiary/aromatic N) is 1. The number of rotatable bonds is 5. The number of hydrogen-bond acceptors (Lipinski definition) is 3. The molecular weight excluding hydrogens is 291 g/mol. The number of aryl methyl sites for hydroxylation is 1. The first-order chi connectivity index (χ1) is 11.2. The molecule has 0 amide bonds. The van der Waals surface area contributed by atoms with Gasteiger partial charge in [-0.25, -0.2) is 9.37 Å². The quantitative estimate of drug-likeness (QED) is 0.710. The second-order valence-electron chi connectivity index (χ2n) is 5.60. The monoisotopic (exact) mass is 310 g/mol. The van der Waals surface area contributed by atoms with E-state index in [0.717, 1.165) is 27.7 Å². The van der Waals surface area contributed by atoms with Crippen LogP contribution in [0.5, 0.6) is 0 Å². The Morgan fingerprint density at radius 2 is 1.87 bits per heavy atom. The van der Waals surface area contributed by atoms with Gasteiger partial charge in [0.1, 0.15) is 5.82 Å². The molecule has 0 fully saturated rings. The van der Waals surface area contributed by atoms with Gasteiger partial charge < -0.3 is 10.4 Å². The van der Waals surface area contributed by atoms with Gasteiger partial charge in [0.05, 0.1) is 17.8 Å². The highest BCUT2D eigenvalue weighted by Crippen LogP contribution is 2.26. The molecule has 4 heteroatoms. The minimum Gasteiger partial charge on any atom is -0.395 e. The minimum absolute atomic E-state index is 0.0893. The molecule has 2 aromatic carbocycles. The Balaban J connectivity index is 2.10. The van der Waals surface area contributed by atoms with E-state index in [-0.39, 0.29) is 12.4 Å². The molecule has 1 aromatic heterocycles. The van der Waals surface area contributed by atoms with Gasteiger partial charge in [-0.2, -0.15) is 0 Å². The summed E-state index contributed by atoms with van der Waals surface area (Å²) in [6.07, 6.45) is 0. The maximum Gasteiger partial charge on any atom is 0.123 e. The molecule has 3 nitrogen and oxygen atoms in total. The van der Waals surface area contributed by atoms with Gasteiger partial charge in [0.15, 0.2) is 0 Å². The van der Waals surface area contributed by atoms with Gasteiger partial charge in [-0.1, -0.05) is 11.6 Å². The molecular formula is C19H19FN2O. The Morgan fingerprint density at radius 3 is 2.61 bits per heavy atom. The summed E-state index contributed by atoms with van der Waals surface area (Å²) in [7, 11) is 0. The van der Waals surface area contributed by atoms with E-state index in [4.69, 9.17) is 10.1 Å². The van der Waals surface area contributed by atoms with Crippen molar-refractivity contribution in [3.05, 3.63) is 65.5 Å². The predicted molar refractivity (Wildman–Crippen MR) is 90.7 cm³/mol. The maximum absolute atomic E-state index is 13.2. The predicted octanol–water partition coefficient (Wildman–Crippen LogP) is 3.43. The number of hydrogen-bond donors (Lipinski definition) is 2. The van der Waals surface area contributed by atoms with Crippen LogP contribution < -0.4 is 5.32 Å². The standard InChI is InChI=1S/C19H19FN2O/c1-13-2-7-18-15(10-13)11-16(12-21-8-9-23)19(22-18)14-3-5-17(20)6-4-14/h2-7,10-11,21,23H,8-9,12H2,1H3. The Hall–Kier alpha value is -2.30. The third-order valence-electron chi connectivity index (χ3n) is 3.77. The fourth-order valence-electron chi connectivity index (χ4n) is 2.63. The van der Waals surface area contributed by atoms with Crippen molar-refractivity contribution in [1.82, 2.24) is 10.3 Å². The summed E-state index contributed by atoms with van der Waals surface area (Å²) in [5.74, 6) is -0.259. The van der Waals surface area contributed by atoms with Crippen LogP contribution in [0.2, 0.25) is 0 Å². The van der Waals surface area contributed by atoms with E-state index in [2.05, 4.69) is 24.4 Å². The Kier molecular flexibility index (Phi) is 4.65. The highest BCUT2D eigenvalue weighted by atomic mass is 19.1. The molecule has 0 atom stereocenters. The molecule has 3 rings (SSSR count). The number of aliphatic hydroxyl groups is 1. The van der Waals surface area contributed by atoms with E-state index in [1.807, 2.05) is 12.1 Å². The summed E-state index contributed by atoms with van der Waals surface area (Å²) in [4.78, 5) is 4.77. The number of aliphatic hydroxyl groups excluding tert-OH is 1. The van der Waals surface area contributed by atoms with E-state index in [1.165, 1.54) is 17.7 Å². The number of benzene rings is 2. The lowest BCUT2D eigenvalue weighted by Gasteiger charge is -2.12. The van der Waals surface area contributed by atoms with Crippen molar-refractivity contribution in [3.63, 3.8) is 0 Å². The van der Waals surface area contributed by atoms with Crippen molar-refractivity contribution in [1.29, 1.82) is 0 Å². The number of nitrogens with one attached hydrogen (secondary N) is 1. The molecule has 0 saturated carbocycles. The number of fused-ring (bicyclic) bond motifs is 1. The zero-order chi connectivity index (χ0) is 16.2. The van der Waals surface area contributed by atoms with E-state index >= 15 is 0 Å². The second kappa shape index (κ2) is 6.86. The molecule has 0 saturated heterocycles. The molecule has 118 valence electrons. The second-order valence-corrected chi connectivity index (χ2v) is 5.60. The largest absolute Gasteiger partial charge is 0.395 e. The van der Waals surface area contributed by atoms with Crippen LogP contribution in [0.4, 0.5) is 4.39 Å². The first-order valence-electron chi connectivity index (χ1n) is 7.65.